The molecule has 0 aromatic heterocycles. The molecule has 0 aliphatic rings. The molecule has 0 spiro atoms. The van der Waals surface area contributed by atoms with Crippen LogP contribution in [0.5, 0.6) is 0 Å². The minimum atomic E-state index is -0.826. The Morgan fingerprint density at radius 3 is 0.855 bits per heavy atom. The number of anilines is 3. The lowest BCUT2D eigenvalue weighted by Crippen LogP contribution is -2.36. The monoisotopic (exact) mass is 1030 g/mol. The molecule has 0 aliphatic carbocycles. The van der Waals surface area contributed by atoms with Crippen molar-refractivity contribution in [2.24, 2.45) is 17.2 Å². The van der Waals surface area contributed by atoms with E-state index in [0.29, 0.717) is 55.6 Å². The second-order valence-electron chi connectivity index (χ2n) is 18.0. The molecule has 0 heterocycles. The van der Waals surface area contributed by atoms with Crippen molar-refractivity contribution >= 4 is 53.1 Å². The summed E-state index contributed by atoms with van der Waals surface area (Å²) in [4.78, 5) is 75.7. The molecule has 18 nitrogen and oxygen atoms in total. The number of hydrogen-bond acceptors (Lipinski definition) is 12. The van der Waals surface area contributed by atoms with Gasteiger partial charge in [-0.05, 0) is 108 Å². The lowest BCUT2D eigenvalue weighted by Gasteiger charge is -2.21. The highest BCUT2D eigenvalue weighted by atomic mass is 16.6. The molecular formula is C58H67N9O9. The van der Waals surface area contributed by atoms with Crippen molar-refractivity contribution < 1.29 is 43.0 Å². The van der Waals surface area contributed by atoms with Gasteiger partial charge in [-0.3, -0.25) is 14.4 Å². The van der Waals surface area contributed by atoms with Gasteiger partial charge in [-0.1, -0.05) is 127 Å². The molecule has 0 radical (unpaired) electrons. The summed E-state index contributed by atoms with van der Waals surface area (Å²) in [7, 11) is 0. The Hall–Kier alpha value is -8.58. The van der Waals surface area contributed by atoms with E-state index in [1.807, 2.05) is 127 Å². The number of carbonyl (C=O) groups excluding carboxylic acids is 6. The van der Waals surface area contributed by atoms with E-state index < -0.39 is 36.4 Å². The molecule has 0 saturated carbocycles. The highest BCUT2D eigenvalue weighted by molar-refractivity contribution is 5.96. The summed E-state index contributed by atoms with van der Waals surface area (Å²) in [6.45, 7) is 1.31. The Kier molecular flexibility index (Phi) is 22.8. The van der Waals surface area contributed by atoms with Crippen LogP contribution < -0.4 is 49.1 Å². The average Bonchev–Trinajstić information content (AvgIpc) is 3.44. The average molecular weight is 1030 g/mol. The Morgan fingerprint density at radius 2 is 0.605 bits per heavy atom. The van der Waals surface area contributed by atoms with Crippen LogP contribution in [0.25, 0.3) is 0 Å². The fourth-order valence-electron chi connectivity index (χ4n) is 7.81. The topological polar surface area (TPSA) is 280 Å². The fraction of sp³-hybridized carbons (Fsp3) is 0.276. The van der Waals surface area contributed by atoms with Crippen LogP contribution in [0.2, 0.25) is 0 Å². The lowest BCUT2D eigenvalue weighted by molar-refractivity contribution is -0.118. The van der Waals surface area contributed by atoms with Crippen molar-refractivity contribution in [1.82, 2.24) is 16.0 Å². The SMILES string of the molecule is N[C@@H](CCCNC(=O)OCc1ccccc1)C(=O)Nc1ccc(C(c2ccc(NC(=O)[C@@H](N)CCCNC(=O)OCc3ccccc3)cc2)c2ccc(NC(=O)[C@@H](N)CCCNC(=O)OCc3ccccc3)cc2)cc1. The van der Waals surface area contributed by atoms with E-state index in [-0.39, 0.29) is 63.1 Å². The van der Waals surface area contributed by atoms with Gasteiger partial charge in [0.25, 0.3) is 0 Å². The summed E-state index contributed by atoms with van der Waals surface area (Å²) in [6, 6.07) is 47.7. The molecule has 3 atom stereocenters. The van der Waals surface area contributed by atoms with Crippen LogP contribution in [0, 0.1) is 0 Å². The summed E-state index contributed by atoms with van der Waals surface area (Å²) in [5.74, 6) is -1.47. The van der Waals surface area contributed by atoms with Crippen molar-refractivity contribution in [3.63, 3.8) is 0 Å². The molecule has 76 heavy (non-hydrogen) atoms. The van der Waals surface area contributed by atoms with Crippen molar-refractivity contribution in [3.05, 3.63) is 197 Å². The lowest BCUT2D eigenvalue weighted by atomic mass is 9.85. The van der Waals surface area contributed by atoms with E-state index in [2.05, 4.69) is 31.9 Å². The largest absolute Gasteiger partial charge is 0.445 e. The number of benzene rings is 6. The quantitative estimate of drug-likeness (QED) is 0.0136. The Balaban J connectivity index is 1.02. The summed E-state index contributed by atoms with van der Waals surface area (Å²) in [5.41, 5.74) is 25.5. The molecule has 18 heteroatoms. The standard InChI is InChI=1S/C58H67N9O9/c59-49(19-10-34-62-56(71)74-37-40-13-4-1-5-14-40)53(68)65-46-28-22-43(23-29-46)52(44-24-30-47(31-25-44)66-54(69)50(60)20-11-35-63-57(72)75-38-41-15-6-2-7-16-41)45-26-32-48(33-27-45)67-55(70)51(61)21-12-36-64-58(73)76-39-42-17-8-3-9-18-42/h1-9,13-18,22-33,49-52H,10-12,19-21,34-39,59-61H2,(H,62,71)(H,63,72)(H,64,73)(H,65,68)(H,66,69)(H,67,70)/t49-,50-,51-/m0/s1. The van der Waals surface area contributed by atoms with Crippen molar-refractivity contribution in [1.29, 1.82) is 0 Å². The zero-order valence-electron chi connectivity index (χ0n) is 42.3. The maximum absolute atomic E-state index is 13.1. The molecule has 0 aliphatic heterocycles. The summed E-state index contributed by atoms with van der Waals surface area (Å²) in [5, 5.41) is 16.7. The van der Waals surface area contributed by atoms with Crippen LogP contribution in [0.15, 0.2) is 164 Å². The smallest absolute Gasteiger partial charge is 0.407 e. The van der Waals surface area contributed by atoms with Crippen molar-refractivity contribution in [3.8, 4) is 0 Å². The summed E-state index contributed by atoms with van der Waals surface area (Å²) < 4.78 is 15.7. The predicted octanol–water partition coefficient (Wildman–Crippen LogP) is 7.78. The third-order valence-electron chi connectivity index (χ3n) is 12.1. The predicted molar refractivity (Wildman–Crippen MR) is 292 cm³/mol. The Morgan fingerprint density at radius 1 is 0.355 bits per heavy atom. The van der Waals surface area contributed by atoms with Crippen LogP contribution in [0.3, 0.4) is 0 Å². The van der Waals surface area contributed by atoms with E-state index in [1.165, 1.54) is 0 Å². The molecule has 0 fully saturated rings. The first-order chi connectivity index (χ1) is 36.9. The first-order valence-electron chi connectivity index (χ1n) is 25.2. The summed E-state index contributed by atoms with van der Waals surface area (Å²) in [6.07, 6.45) is 0.695. The number of carbonyl (C=O) groups is 6. The number of hydrogen-bond donors (Lipinski definition) is 9. The molecule has 6 rings (SSSR count). The number of amides is 6. The third kappa shape index (κ3) is 19.7. The van der Waals surface area contributed by atoms with Crippen LogP contribution in [-0.4, -0.2) is 73.8 Å². The van der Waals surface area contributed by atoms with Crippen molar-refractivity contribution in [2.75, 3.05) is 35.6 Å². The van der Waals surface area contributed by atoms with Crippen LogP contribution in [0.4, 0.5) is 31.4 Å². The second kappa shape index (κ2) is 30.6. The molecule has 6 aromatic carbocycles. The summed E-state index contributed by atoms with van der Waals surface area (Å²) >= 11 is 0. The first kappa shape index (κ1) is 56.7. The van der Waals surface area contributed by atoms with E-state index in [1.54, 1.807) is 36.4 Å². The third-order valence-corrected chi connectivity index (χ3v) is 12.1. The number of nitrogens with one attached hydrogen (secondary N) is 6. The van der Waals surface area contributed by atoms with Crippen molar-refractivity contribution in [2.45, 2.75) is 82.4 Å². The highest BCUT2D eigenvalue weighted by Gasteiger charge is 2.21. The second-order valence-corrected chi connectivity index (χ2v) is 18.0. The highest BCUT2D eigenvalue weighted by Crippen LogP contribution is 2.34. The molecule has 0 saturated heterocycles. The van der Waals surface area contributed by atoms with Gasteiger partial charge < -0.3 is 63.3 Å². The number of rotatable bonds is 27. The van der Waals surface area contributed by atoms with Crippen LogP contribution in [-0.2, 0) is 48.4 Å². The van der Waals surface area contributed by atoms with Gasteiger partial charge in [0.05, 0.1) is 18.1 Å². The Labute approximate surface area is 442 Å². The number of alkyl carbamates (subject to hydrolysis) is 3. The fourth-order valence-corrected chi connectivity index (χ4v) is 7.81. The van der Waals surface area contributed by atoms with Gasteiger partial charge in [-0.15, -0.1) is 0 Å². The van der Waals surface area contributed by atoms with E-state index in [4.69, 9.17) is 31.4 Å². The normalized spacial score (nSPS) is 12.0. The van der Waals surface area contributed by atoms with E-state index >= 15 is 0 Å². The van der Waals surface area contributed by atoms with Gasteiger partial charge in [0, 0.05) is 42.6 Å². The zero-order valence-corrected chi connectivity index (χ0v) is 42.3. The van der Waals surface area contributed by atoms with Gasteiger partial charge >= 0.3 is 18.3 Å². The molecule has 6 amide bonds. The minimum Gasteiger partial charge on any atom is -0.445 e. The van der Waals surface area contributed by atoms with Gasteiger partial charge in [0.2, 0.25) is 17.7 Å². The molecule has 6 aromatic rings. The molecular weight excluding hydrogens is 967 g/mol. The van der Waals surface area contributed by atoms with Gasteiger partial charge in [-0.25, -0.2) is 14.4 Å². The molecule has 12 N–H and O–H groups in total. The molecule has 0 bridgehead atoms. The van der Waals surface area contributed by atoms with Gasteiger partial charge in [0.1, 0.15) is 19.8 Å². The minimum absolute atomic E-state index is 0.150. The number of nitrogens with two attached hydrogens (primary N) is 3. The molecule has 0 unspecified atom stereocenters. The van der Waals surface area contributed by atoms with Crippen LogP contribution >= 0.6 is 0 Å². The first-order valence-corrected chi connectivity index (χ1v) is 25.2. The van der Waals surface area contributed by atoms with Gasteiger partial charge in [-0.2, -0.15) is 0 Å². The zero-order chi connectivity index (χ0) is 53.9. The van der Waals surface area contributed by atoms with E-state index in [9.17, 15) is 28.8 Å². The van der Waals surface area contributed by atoms with E-state index in [0.717, 1.165) is 33.4 Å². The maximum atomic E-state index is 13.1. The molecule has 398 valence electrons. The number of ether oxygens (including phenoxy) is 3. The maximum Gasteiger partial charge on any atom is 0.407 e. The Bertz CT molecular complexity index is 2450. The van der Waals surface area contributed by atoms with Crippen LogP contribution in [0.1, 0.15) is 77.8 Å². The van der Waals surface area contributed by atoms with Gasteiger partial charge in [0.15, 0.2) is 0 Å².